The van der Waals surface area contributed by atoms with Crippen molar-refractivity contribution in [2.75, 3.05) is 32.7 Å². The number of carbonyl (C=O) groups is 1. The Morgan fingerprint density at radius 3 is 2.24 bits per heavy atom. The number of amides is 1. The molecule has 0 atom stereocenters. The van der Waals surface area contributed by atoms with Crippen LogP contribution in [0.3, 0.4) is 0 Å². The van der Waals surface area contributed by atoms with Gasteiger partial charge in [0, 0.05) is 31.7 Å². The summed E-state index contributed by atoms with van der Waals surface area (Å²) in [6.45, 7) is 0.786. The molecule has 0 saturated heterocycles. The molecule has 0 aliphatic rings. The van der Waals surface area contributed by atoms with Gasteiger partial charge in [0.25, 0.3) is 5.91 Å². The number of hydrogen-bond donors (Lipinski definition) is 0. The highest BCUT2D eigenvalue weighted by molar-refractivity contribution is 7.90. The summed E-state index contributed by atoms with van der Waals surface area (Å²) in [5, 5.41) is 0. The van der Waals surface area contributed by atoms with E-state index >= 15 is 0 Å². The SMILES string of the molecule is CN(CCCOc1cccc(S(C)(=O)=O)c1)C(=O)c1ccc(CS(C)(=O)=O)cc1. The Hall–Kier alpha value is -2.39. The van der Waals surface area contributed by atoms with Crippen LogP contribution in [0, 0.1) is 0 Å². The maximum absolute atomic E-state index is 12.5. The van der Waals surface area contributed by atoms with Crippen molar-refractivity contribution >= 4 is 25.6 Å². The lowest BCUT2D eigenvalue weighted by atomic mass is 10.1. The average molecular weight is 440 g/mol. The van der Waals surface area contributed by atoms with Crippen LogP contribution in [0.5, 0.6) is 5.75 Å². The summed E-state index contributed by atoms with van der Waals surface area (Å²) in [5.74, 6) is 0.230. The minimum Gasteiger partial charge on any atom is -0.493 e. The van der Waals surface area contributed by atoms with Crippen LogP contribution in [0.15, 0.2) is 53.4 Å². The third kappa shape index (κ3) is 7.51. The molecule has 0 bridgehead atoms. The Morgan fingerprint density at radius 2 is 1.66 bits per heavy atom. The highest BCUT2D eigenvalue weighted by atomic mass is 32.2. The van der Waals surface area contributed by atoms with E-state index in [4.69, 9.17) is 4.74 Å². The molecule has 7 nitrogen and oxygen atoms in total. The molecule has 0 saturated carbocycles. The van der Waals surface area contributed by atoms with E-state index in [1.54, 1.807) is 48.3 Å². The van der Waals surface area contributed by atoms with Crippen molar-refractivity contribution in [1.82, 2.24) is 4.90 Å². The van der Waals surface area contributed by atoms with Crippen molar-refractivity contribution in [3.63, 3.8) is 0 Å². The molecule has 2 aromatic rings. The van der Waals surface area contributed by atoms with E-state index in [2.05, 4.69) is 0 Å². The van der Waals surface area contributed by atoms with Crippen molar-refractivity contribution < 1.29 is 26.4 Å². The lowest BCUT2D eigenvalue weighted by Gasteiger charge is -2.17. The van der Waals surface area contributed by atoms with E-state index in [1.807, 2.05) is 0 Å². The molecule has 0 unspecified atom stereocenters. The third-order valence-electron chi connectivity index (χ3n) is 4.12. The van der Waals surface area contributed by atoms with E-state index in [0.29, 0.717) is 36.4 Å². The normalized spacial score (nSPS) is 11.8. The first-order valence-electron chi connectivity index (χ1n) is 8.91. The van der Waals surface area contributed by atoms with Gasteiger partial charge in [-0.15, -0.1) is 0 Å². The van der Waals surface area contributed by atoms with Crippen molar-refractivity contribution in [3.8, 4) is 5.75 Å². The molecule has 2 rings (SSSR count). The number of rotatable bonds is 9. The molecule has 158 valence electrons. The molecular weight excluding hydrogens is 414 g/mol. The standard InChI is InChI=1S/C20H25NO6S2/c1-21(20(22)17-10-8-16(9-11-17)15-28(2,23)24)12-5-13-27-18-6-4-7-19(14-18)29(3,25)26/h4,6-11,14H,5,12-13,15H2,1-3H3. The summed E-state index contributed by atoms with van der Waals surface area (Å²) in [6, 6.07) is 12.8. The highest BCUT2D eigenvalue weighted by Crippen LogP contribution is 2.17. The van der Waals surface area contributed by atoms with E-state index in [0.717, 1.165) is 6.26 Å². The average Bonchev–Trinajstić information content (AvgIpc) is 2.63. The second-order valence-electron chi connectivity index (χ2n) is 6.94. The van der Waals surface area contributed by atoms with E-state index in [1.165, 1.54) is 18.4 Å². The molecule has 0 radical (unpaired) electrons. The van der Waals surface area contributed by atoms with Crippen molar-refractivity contribution in [3.05, 3.63) is 59.7 Å². The summed E-state index contributed by atoms with van der Waals surface area (Å²) < 4.78 is 51.4. The lowest BCUT2D eigenvalue weighted by molar-refractivity contribution is 0.0788. The van der Waals surface area contributed by atoms with Gasteiger partial charge in [0.15, 0.2) is 19.7 Å². The van der Waals surface area contributed by atoms with Gasteiger partial charge in [0.05, 0.1) is 17.3 Å². The quantitative estimate of drug-likeness (QED) is 0.556. The molecule has 0 fully saturated rings. The fourth-order valence-corrected chi connectivity index (χ4v) is 4.11. The van der Waals surface area contributed by atoms with Crippen molar-refractivity contribution in [1.29, 1.82) is 0 Å². The van der Waals surface area contributed by atoms with Gasteiger partial charge < -0.3 is 9.64 Å². The zero-order valence-electron chi connectivity index (χ0n) is 16.7. The summed E-state index contributed by atoms with van der Waals surface area (Å²) in [6.07, 6.45) is 2.87. The van der Waals surface area contributed by atoms with Crippen molar-refractivity contribution in [2.45, 2.75) is 17.1 Å². The topological polar surface area (TPSA) is 97.8 Å². The molecule has 0 spiro atoms. The van der Waals surface area contributed by atoms with Crippen LogP contribution in [0.1, 0.15) is 22.3 Å². The molecule has 0 aromatic heterocycles. The Bertz CT molecular complexity index is 1060. The lowest BCUT2D eigenvalue weighted by Crippen LogP contribution is -2.28. The van der Waals surface area contributed by atoms with Gasteiger partial charge in [0.2, 0.25) is 0 Å². The Morgan fingerprint density at radius 1 is 1.00 bits per heavy atom. The van der Waals surface area contributed by atoms with E-state index < -0.39 is 19.7 Å². The minimum atomic E-state index is -3.29. The largest absolute Gasteiger partial charge is 0.493 e. The molecule has 29 heavy (non-hydrogen) atoms. The predicted octanol–water partition coefficient (Wildman–Crippen LogP) is 2.18. The third-order valence-corrected chi connectivity index (χ3v) is 6.08. The molecule has 0 N–H and O–H groups in total. The zero-order valence-corrected chi connectivity index (χ0v) is 18.3. The number of sulfone groups is 2. The molecule has 2 aromatic carbocycles. The Balaban J connectivity index is 1.85. The maximum atomic E-state index is 12.5. The van der Waals surface area contributed by atoms with E-state index in [-0.39, 0.29) is 16.6 Å². The van der Waals surface area contributed by atoms with E-state index in [9.17, 15) is 21.6 Å². The molecular formula is C20H25NO6S2. The maximum Gasteiger partial charge on any atom is 0.253 e. The van der Waals surface area contributed by atoms with Crippen molar-refractivity contribution in [2.24, 2.45) is 0 Å². The monoisotopic (exact) mass is 439 g/mol. The molecule has 0 aliphatic carbocycles. The Labute approximate surface area is 172 Å². The summed E-state index contributed by atoms with van der Waals surface area (Å²) in [4.78, 5) is 14.2. The van der Waals surface area contributed by atoms with Crippen LogP contribution in [0.25, 0.3) is 0 Å². The van der Waals surface area contributed by atoms with Gasteiger partial charge in [-0.1, -0.05) is 18.2 Å². The number of hydrogen-bond acceptors (Lipinski definition) is 6. The fraction of sp³-hybridized carbons (Fsp3) is 0.350. The second kappa shape index (κ2) is 9.41. The number of nitrogens with zero attached hydrogens (tertiary/aromatic N) is 1. The van der Waals surface area contributed by atoms with Gasteiger partial charge in [-0.3, -0.25) is 4.79 Å². The van der Waals surface area contributed by atoms with Crippen LogP contribution in [0.2, 0.25) is 0 Å². The first-order valence-corrected chi connectivity index (χ1v) is 12.9. The number of ether oxygens (including phenoxy) is 1. The van der Waals surface area contributed by atoms with Crippen LogP contribution in [-0.2, 0) is 25.4 Å². The summed E-state index contributed by atoms with van der Waals surface area (Å²) in [7, 11) is -4.73. The smallest absolute Gasteiger partial charge is 0.253 e. The fourth-order valence-electron chi connectivity index (χ4n) is 2.65. The Kier molecular flexibility index (Phi) is 7.43. The van der Waals surface area contributed by atoms with Crippen LogP contribution in [-0.4, -0.2) is 60.4 Å². The van der Waals surface area contributed by atoms with Crippen LogP contribution >= 0.6 is 0 Å². The summed E-state index contributed by atoms with van der Waals surface area (Å²) >= 11 is 0. The minimum absolute atomic E-state index is 0.0603. The molecule has 1 amide bonds. The van der Waals surface area contributed by atoms with Crippen LogP contribution in [0.4, 0.5) is 0 Å². The number of benzene rings is 2. The summed E-state index contributed by atoms with van der Waals surface area (Å²) in [5.41, 5.74) is 1.11. The van der Waals surface area contributed by atoms with Gasteiger partial charge in [-0.2, -0.15) is 0 Å². The van der Waals surface area contributed by atoms with Gasteiger partial charge in [0.1, 0.15) is 5.75 Å². The van der Waals surface area contributed by atoms with Crippen LogP contribution < -0.4 is 4.74 Å². The predicted molar refractivity (Wildman–Crippen MR) is 112 cm³/mol. The number of carbonyl (C=O) groups excluding carboxylic acids is 1. The molecule has 9 heteroatoms. The van der Waals surface area contributed by atoms with Gasteiger partial charge in [-0.05, 0) is 42.3 Å². The van der Waals surface area contributed by atoms with Gasteiger partial charge in [-0.25, -0.2) is 16.8 Å². The second-order valence-corrected chi connectivity index (χ2v) is 11.1. The first-order chi connectivity index (χ1) is 13.5. The van der Waals surface area contributed by atoms with Gasteiger partial charge >= 0.3 is 0 Å². The highest BCUT2D eigenvalue weighted by Gasteiger charge is 2.13. The zero-order chi connectivity index (χ0) is 21.7. The first kappa shape index (κ1) is 22.9. The molecule has 0 aliphatic heterocycles. The molecule has 0 heterocycles.